The van der Waals surface area contributed by atoms with Crippen molar-refractivity contribution >= 4 is 34.2 Å². The number of aldehydes is 2. The van der Waals surface area contributed by atoms with Gasteiger partial charge in [-0.15, -0.1) is 0 Å². The normalized spacial score (nSPS) is 15.2. The molecule has 0 bridgehead atoms. The molecule has 6 heteroatoms. The molecular formula is C6H12N2O2S2. The first-order valence-electron chi connectivity index (χ1n) is 3.37. The Morgan fingerprint density at radius 3 is 1.58 bits per heavy atom. The van der Waals surface area contributed by atoms with Crippen molar-refractivity contribution in [2.45, 2.75) is 12.1 Å². The third-order valence-electron chi connectivity index (χ3n) is 0.954. The summed E-state index contributed by atoms with van der Waals surface area (Å²) in [6, 6.07) is -0.843. The maximum absolute atomic E-state index is 10.1. The van der Waals surface area contributed by atoms with E-state index >= 15 is 0 Å². The summed E-state index contributed by atoms with van der Waals surface area (Å²) in [6.45, 7) is 0. The van der Waals surface area contributed by atoms with E-state index in [1.807, 2.05) is 0 Å². The fourth-order valence-corrected chi connectivity index (χ4v) is 2.52. The van der Waals surface area contributed by atoms with Crippen LogP contribution >= 0.6 is 21.6 Å². The molecule has 0 amide bonds. The first-order chi connectivity index (χ1) is 5.70. The van der Waals surface area contributed by atoms with Gasteiger partial charge in [0.1, 0.15) is 12.6 Å². The molecule has 0 heterocycles. The second kappa shape index (κ2) is 7.60. The molecule has 0 aliphatic heterocycles. The number of hydrogen-bond donors (Lipinski definition) is 2. The maximum Gasteiger partial charge on any atom is 0.137 e. The van der Waals surface area contributed by atoms with Crippen LogP contribution in [-0.4, -0.2) is 36.2 Å². The lowest BCUT2D eigenvalue weighted by atomic mass is 10.4. The van der Waals surface area contributed by atoms with Crippen LogP contribution < -0.4 is 11.5 Å². The Balaban J connectivity index is 3.20. The zero-order valence-electron chi connectivity index (χ0n) is 6.51. The first kappa shape index (κ1) is 12.0. The highest BCUT2D eigenvalue weighted by Gasteiger charge is 2.02. The van der Waals surface area contributed by atoms with Gasteiger partial charge in [-0.05, 0) is 0 Å². The zero-order chi connectivity index (χ0) is 9.40. The average molecular weight is 208 g/mol. The van der Waals surface area contributed by atoms with Crippen molar-refractivity contribution in [3.63, 3.8) is 0 Å². The minimum absolute atomic E-state index is 0.421. The second-order valence-corrected chi connectivity index (χ2v) is 4.72. The van der Waals surface area contributed by atoms with Gasteiger partial charge in [-0.3, -0.25) is 0 Å². The molecule has 0 aromatic rings. The van der Waals surface area contributed by atoms with E-state index in [9.17, 15) is 9.59 Å². The lowest BCUT2D eigenvalue weighted by molar-refractivity contribution is -0.109. The maximum atomic E-state index is 10.1. The largest absolute Gasteiger partial charge is 0.321 e. The molecule has 4 nitrogen and oxygen atoms in total. The highest BCUT2D eigenvalue weighted by Crippen LogP contribution is 2.21. The predicted octanol–water partition coefficient (Wildman–Crippen LogP) is -0.580. The molecule has 0 fully saturated rings. The van der Waals surface area contributed by atoms with Crippen LogP contribution in [0.25, 0.3) is 0 Å². The topological polar surface area (TPSA) is 86.2 Å². The van der Waals surface area contributed by atoms with Gasteiger partial charge in [0.2, 0.25) is 0 Å². The van der Waals surface area contributed by atoms with Crippen molar-refractivity contribution in [1.29, 1.82) is 0 Å². The van der Waals surface area contributed by atoms with Crippen LogP contribution in [0.3, 0.4) is 0 Å². The number of nitrogens with two attached hydrogens (primary N) is 2. The Labute approximate surface area is 79.2 Å². The van der Waals surface area contributed by atoms with Gasteiger partial charge in [-0.25, -0.2) is 0 Å². The van der Waals surface area contributed by atoms with Crippen molar-refractivity contribution < 1.29 is 9.59 Å². The Hall–Kier alpha value is -0.0400. The molecule has 2 unspecified atom stereocenters. The van der Waals surface area contributed by atoms with Gasteiger partial charge in [-0.1, -0.05) is 21.6 Å². The summed E-state index contributed by atoms with van der Waals surface area (Å²) in [5.74, 6) is 1.11. The standard InChI is InChI=1S/C6H12N2O2S2/c7-5(1-9)3-11-12-4-6(8)2-10/h1-2,5-6H,3-4,7-8H2. The summed E-state index contributed by atoms with van der Waals surface area (Å²) < 4.78 is 0. The van der Waals surface area contributed by atoms with Crippen molar-refractivity contribution in [3.8, 4) is 0 Å². The van der Waals surface area contributed by atoms with Crippen molar-refractivity contribution in [2.75, 3.05) is 11.5 Å². The van der Waals surface area contributed by atoms with Crippen LogP contribution in [0.15, 0.2) is 0 Å². The van der Waals surface area contributed by atoms with Crippen LogP contribution in [-0.2, 0) is 9.59 Å². The molecule has 0 aliphatic carbocycles. The summed E-state index contributed by atoms with van der Waals surface area (Å²) >= 11 is 0. The smallest absolute Gasteiger partial charge is 0.137 e. The van der Waals surface area contributed by atoms with E-state index in [2.05, 4.69) is 0 Å². The molecule has 0 saturated heterocycles. The monoisotopic (exact) mass is 208 g/mol. The van der Waals surface area contributed by atoms with Crippen LogP contribution in [0.1, 0.15) is 0 Å². The Kier molecular flexibility index (Phi) is 7.58. The molecule has 12 heavy (non-hydrogen) atoms. The average Bonchev–Trinajstić information content (AvgIpc) is 2.11. The van der Waals surface area contributed by atoms with E-state index in [0.717, 1.165) is 0 Å². The van der Waals surface area contributed by atoms with Gasteiger partial charge in [0.25, 0.3) is 0 Å². The van der Waals surface area contributed by atoms with E-state index in [1.165, 1.54) is 21.6 Å². The van der Waals surface area contributed by atoms with E-state index in [1.54, 1.807) is 0 Å². The minimum Gasteiger partial charge on any atom is -0.321 e. The van der Waals surface area contributed by atoms with Gasteiger partial charge in [0, 0.05) is 11.5 Å². The molecular weight excluding hydrogens is 196 g/mol. The molecule has 0 aromatic heterocycles. The van der Waals surface area contributed by atoms with Crippen LogP contribution in [0.5, 0.6) is 0 Å². The second-order valence-electron chi connectivity index (χ2n) is 2.17. The number of hydrogen-bond acceptors (Lipinski definition) is 6. The van der Waals surface area contributed by atoms with E-state index in [0.29, 0.717) is 24.1 Å². The number of carbonyl (C=O) groups is 2. The van der Waals surface area contributed by atoms with E-state index < -0.39 is 12.1 Å². The molecule has 70 valence electrons. The SMILES string of the molecule is NC(C=O)CSSCC(N)C=O. The highest BCUT2D eigenvalue weighted by atomic mass is 33.1. The van der Waals surface area contributed by atoms with Gasteiger partial charge < -0.3 is 21.1 Å². The van der Waals surface area contributed by atoms with Gasteiger partial charge in [0.05, 0.1) is 12.1 Å². The molecule has 0 aromatic carbocycles. The van der Waals surface area contributed by atoms with Gasteiger partial charge in [-0.2, -0.15) is 0 Å². The Morgan fingerprint density at radius 1 is 1.00 bits per heavy atom. The summed E-state index contributed by atoms with van der Waals surface area (Å²) in [7, 11) is 2.90. The van der Waals surface area contributed by atoms with Crippen LogP contribution in [0, 0.1) is 0 Å². The molecule has 0 radical (unpaired) electrons. The Bertz CT molecular complexity index is 130. The zero-order valence-corrected chi connectivity index (χ0v) is 8.14. The fraction of sp³-hybridized carbons (Fsp3) is 0.667. The molecule has 0 aliphatic rings. The summed E-state index contributed by atoms with van der Waals surface area (Å²) in [5, 5.41) is 0. The number of carbonyl (C=O) groups excluding carboxylic acids is 2. The lowest BCUT2D eigenvalue weighted by Crippen LogP contribution is -2.25. The number of rotatable bonds is 7. The van der Waals surface area contributed by atoms with Crippen LogP contribution in [0.2, 0.25) is 0 Å². The summed E-state index contributed by atoms with van der Waals surface area (Å²) in [6.07, 6.45) is 1.40. The molecule has 0 saturated carbocycles. The summed E-state index contributed by atoms with van der Waals surface area (Å²) in [5.41, 5.74) is 10.6. The molecule has 2 atom stereocenters. The highest BCUT2D eigenvalue weighted by molar-refractivity contribution is 8.76. The minimum atomic E-state index is -0.421. The Morgan fingerprint density at radius 2 is 1.33 bits per heavy atom. The van der Waals surface area contributed by atoms with Crippen LogP contribution in [0.4, 0.5) is 0 Å². The third kappa shape index (κ3) is 6.66. The predicted molar refractivity (Wildman–Crippen MR) is 53.0 cm³/mol. The van der Waals surface area contributed by atoms with E-state index in [-0.39, 0.29) is 0 Å². The van der Waals surface area contributed by atoms with Crippen molar-refractivity contribution in [2.24, 2.45) is 11.5 Å². The fourth-order valence-electron chi connectivity index (χ4n) is 0.332. The van der Waals surface area contributed by atoms with Gasteiger partial charge >= 0.3 is 0 Å². The van der Waals surface area contributed by atoms with Crippen molar-refractivity contribution in [1.82, 2.24) is 0 Å². The molecule has 0 spiro atoms. The lowest BCUT2D eigenvalue weighted by Gasteiger charge is -2.04. The van der Waals surface area contributed by atoms with Crippen molar-refractivity contribution in [3.05, 3.63) is 0 Å². The first-order valence-corrected chi connectivity index (χ1v) is 5.85. The molecule has 0 rings (SSSR count). The quantitative estimate of drug-likeness (QED) is 0.331. The van der Waals surface area contributed by atoms with Gasteiger partial charge in [0.15, 0.2) is 0 Å². The molecule has 4 N–H and O–H groups in total. The van der Waals surface area contributed by atoms with E-state index in [4.69, 9.17) is 11.5 Å². The summed E-state index contributed by atoms with van der Waals surface area (Å²) in [4.78, 5) is 20.1. The third-order valence-corrected chi connectivity index (χ3v) is 3.48.